The molecular weight excluding hydrogens is 524 g/mol. The van der Waals surface area contributed by atoms with Gasteiger partial charge in [0.25, 0.3) is 5.69 Å². The van der Waals surface area contributed by atoms with Gasteiger partial charge in [0.15, 0.2) is 15.3 Å². The number of hydrogen-bond donors (Lipinski definition) is 1. The van der Waals surface area contributed by atoms with Crippen molar-refractivity contribution in [3.63, 3.8) is 0 Å². The molecule has 0 atom stereocenters. The minimum absolute atomic E-state index is 0.0355. The molecule has 4 rings (SSSR count). The van der Waals surface area contributed by atoms with Crippen LogP contribution in [0.25, 0.3) is 21.6 Å². The second-order valence-corrected chi connectivity index (χ2v) is 10.5. The number of carbonyl (C=O) groups is 2. The van der Waals surface area contributed by atoms with Crippen LogP contribution in [0, 0.1) is 10.1 Å². The number of amides is 1. The lowest BCUT2D eigenvalue weighted by Crippen LogP contribution is -2.14. The van der Waals surface area contributed by atoms with Gasteiger partial charge in [-0.25, -0.2) is 4.98 Å². The Balaban J connectivity index is 1.36. The van der Waals surface area contributed by atoms with E-state index >= 15 is 0 Å². The molecule has 2 aromatic carbocycles. The summed E-state index contributed by atoms with van der Waals surface area (Å²) in [5.41, 5.74) is 1.94. The van der Waals surface area contributed by atoms with Gasteiger partial charge in [-0.05, 0) is 25.1 Å². The SMILES string of the molecule is CCOC(=O)CSc1nc2ccc(NC(=O)CSc3nnc(-c4cccc([N+](=O)[O-])c4)n3C)cc2s1. The minimum Gasteiger partial charge on any atom is -0.465 e. The number of hydrogen-bond acceptors (Lipinski definition) is 11. The number of nitro benzene ring substituents is 1. The third-order valence-electron chi connectivity index (χ3n) is 4.75. The topological polar surface area (TPSA) is 142 Å². The molecule has 0 saturated carbocycles. The molecule has 2 heterocycles. The van der Waals surface area contributed by atoms with Crippen LogP contribution in [-0.2, 0) is 21.4 Å². The number of nitrogens with one attached hydrogen (secondary N) is 1. The van der Waals surface area contributed by atoms with Crippen LogP contribution in [0.4, 0.5) is 11.4 Å². The average molecular weight is 545 g/mol. The lowest BCUT2D eigenvalue weighted by molar-refractivity contribution is -0.384. The van der Waals surface area contributed by atoms with Gasteiger partial charge in [0.1, 0.15) is 0 Å². The summed E-state index contributed by atoms with van der Waals surface area (Å²) in [6.07, 6.45) is 0. The second kappa shape index (κ2) is 11.5. The number of ether oxygens (including phenoxy) is 1. The molecule has 0 aliphatic heterocycles. The first-order valence-corrected chi connectivity index (χ1v) is 13.4. The van der Waals surface area contributed by atoms with Crippen LogP contribution < -0.4 is 5.32 Å². The van der Waals surface area contributed by atoms with Gasteiger partial charge < -0.3 is 14.6 Å². The first-order valence-electron chi connectivity index (χ1n) is 10.6. The largest absolute Gasteiger partial charge is 0.465 e. The molecule has 0 bridgehead atoms. The fraction of sp³-hybridized carbons (Fsp3) is 0.227. The Bertz CT molecular complexity index is 1440. The van der Waals surface area contributed by atoms with Gasteiger partial charge in [0, 0.05) is 30.4 Å². The summed E-state index contributed by atoms with van der Waals surface area (Å²) in [6.45, 7) is 2.11. The maximum absolute atomic E-state index is 12.5. The third-order valence-corrected chi connectivity index (χ3v) is 7.91. The number of anilines is 1. The summed E-state index contributed by atoms with van der Waals surface area (Å²) < 4.78 is 8.26. The summed E-state index contributed by atoms with van der Waals surface area (Å²) in [4.78, 5) is 39.2. The fourth-order valence-corrected chi connectivity index (χ4v) is 5.76. The molecule has 0 aliphatic carbocycles. The molecule has 36 heavy (non-hydrogen) atoms. The summed E-state index contributed by atoms with van der Waals surface area (Å²) >= 11 is 3.96. The van der Waals surface area contributed by atoms with Crippen LogP contribution in [-0.4, -0.2) is 54.7 Å². The monoisotopic (exact) mass is 544 g/mol. The summed E-state index contributed by atoms with van der Waals surface area (Å²) in [6, 6.07) is 11.6. The van der Waals surface area contributed by atoms with Crippen molar-refractivity contribution in [1.82, 2.24) is 19.7 Å². The summed E-state index contributed by atoms with van der Waals surface area (Å²) in [5.74, 6) is 0.253. The van der Waals surface area contributed by atoms with Crippen molar-refractivity contribution in [2.45, 2.75) is 16.4 Å². The number of nitro groups is 1. The van der Waals surface area contributed by atoms with Crippen molar-refractivity contribution in [3.8, 4) is 11.4 Å². The van der Waals surface area contributed by atoms with Crippen molar-refractivity contribution in [2.24, 2.45) is 7.05 Å². The Hall–Kier alpha value is -3.49. The number of thiazole rings is 1. The first-order chi connectivity index (χ1) is 17.3. The van der Waals surface area contributed by atoms with Crippen LogP contribution in [0.2, 0.25) is 0 Å². The van der Waals surface area contributed by atoms with Gasteiger partial charge >= 0.3 is 5.97 Å². The van der Waals surface area contributed by atoms with E-state index in [1.54, 1.807) is 36.7 Å². The molecule has 2 aromatic heterocycles. The van der Waals surface area contributed by atoms with E-state index in [0.29, 0.717) is 28.8 Å². The zero-order valence-corrected chi connectivity index (χ0v) is 21.6. The van der Waals surface area contributed by atoms with E-state index in [1.807, 2.05) is 12.1 Å². The van der Waals surface area contributed by atoms with Crippen LogP contribution in [0.3, 0.4) is 0 Å². The number of thioether (sulfide) groups is 2. The number of benzene rings is 2. The van der Waals surface area contributed by atoms with E-state index in [0.717, 1.165) is 14.6 Å². The van der Waals surface area contributed by atoms with E-state index in [-0.39, 0.29) is 29.1 Å². The minimum atomic E-state index is -0.466. The Kier molecular flexibility index (Phi) is 8.18. The van der Waals surface area contributed by atoms with Crippen molar-refractivity contribution >= 4 is 68.3 Å². The highest BCUT2D eigenvalue weighted by Crippen LogP contribution is 2.31. The van der Waals surface area contributed by atoms with Gasteiger partial charge in [0.2, 0.25) is 5.91 Å². The lowest BCUT2D eigenvalue weighted by atomic mass is 10.2. The van der Waals surface area contributed by atoms with Crippen LogP contribution in [0.5, 0.6) is 0 Å². The molecule has 1 N–H and O–H groups in total. The number of fused-ring (bicyclic) bond motifs is 1. The highest BCUT2D eigenvalue weighted by molar-refractivity contribution is 8.01. The Morgan fingerprint density at radius 1 is 1.17 bits per heavy atom. The Morgan fingerprint density at radius 3 is 2.78 bits per heavy atom. The highest BCUT2D eigenvalue weighted by Gasteiger charge is 2.16. The van der Waals surface area contributed by atoms with Crippen molar-refractivity contribution in [2.75, 3.05) is 23.4 Å². The summed E-state index contributed by atoms with van der Waals surface area (Å²) in [5, 5.41) is 22.7. The molecule has 0 saturated heterocycles. The Labute approximate surface area is 217 Å². The van der Waals surface area contributed by atoms with Gasteiger partial charge in [-0.2, -0.15) is 0 Å². The standard InChI is InChI=1S/C22H20N6O5S3/c1-3-33-19(30)12-35-22-24-16-8-7-14(10-17(16)36-22)23-18(29)11-34-21-26-25-20(27(21)2)13-5-4-6-15(9-13)28(31)32/h4-10H,3,11-12H2,1-2H3,(H,23,29). The van der Waals surface area contributed by atoms with Crippen molar-refractivity contribution in [3.05, 3.63) is 52.6 Å². The van der Waals surface area contributed by atoms with Gasteiger partial charge in [0.05, 0.1) is 33.3 Å². The normalized spacial score (nSPS) is 10.9. The zero-order chi connectivity index (χ0) is 25.7. The number of nitrogens with zero attached hydrogens (tertiary/aromatic N) is 5. The van der Waals surface area contributed by atoms with Crippen molar-refractivity contribution in [1.29, 1.82) is 0 Å². The molecule has 0 unspecified atom stereocenters. The smallest absolute Gasteiger partial charge is 0.316 e. The third kappa shape index (κ3) is 6.19. The molecule has 14 heteroatoms. The second-order valence-electron chi connectivity index (χ2n) is 7.27. The number of aromatic nitrogens is 4. The molecule has 1 amide bonds. The molecule has 0 aliphatic rings. The molecule has 0 spiro atoms. The predicted molar refractivity (Wildman–Crippen MR) is 139 cm³/mol. The predicted octanol–water partition coefficient (Wildman–Crippen LogP) is 4.39. The van der Waals surface area contributed by atoms with E-state index in [1.165, 1.54) is 47.0 Å². The molecule has 4 aromatic rings. The van der Waals surface area contributed by atoms with E-state index < -0.39 is 4.92 Å². The van der Waals surface area contributed by atoms with Crippen LogP contribution in [0.15, 0.2) is 52.0 Å². The fourth-order valence-electron chi connectivity index (χ4n) is 3.14. The average Bonchev–Trinajstić information content (AvgIpc) is 3.44. The van der Waals surface area contributed by atoms with Crippen molar-refractivity contribution < 1.29 is 19.2 Å². The maximum atomic E-state index is 12.5. The van der Waals surface area contributed by atoms with Crippen LogP contribution in [0.1, 0.15) is 6.92 Å². The van der Waals surface area contributed by atoms with E-state index in [9.17, 15) is 19.7 Å². The molecule has 0 radical (unpaired) electrons. The lowest BCUT2D eigenvalue weighted by Gasteiger charge is -2.06. The maximum Gasteiger partial charge on any atom is 0.316 e. The van der Waals surface area contributed by atoms with Crippen LogP contribution >= 0.6 is 34.9 Å². The van der Waals surface area contributed by atoms with Gasteiger partial charge in [-0.1, -0.05) is 35.7 Å². The van der Waals surface area contributed by atoms with E-state index in [2.05, 4.69) is 20.5 Å². The van der Waals surface area contributed by atoms with E-state index in [4.69, 9.17) is 4.74 Å². The van der Waals surface area contributed by atoms with Gasteiger partial charge in [-0.3, -0.25) is 19.7 Å². The molecule has 186 valence electrons. The zero-order valence-electron chi connectivity index (χ0n) is 19.2. The molecule has 0 fully saturated rings. The quantitative estimate of drug-likeness (QED) is 0.132. The molecule has 11 nitrogen and oxygen atoms in total. The Morgan fingerprint density at radius 2 is 2.00 bits per heavy atom. The highest BCUT2D eigenvalue weighted by atomic mass is 32.2. The summed E-state index contributed by atoms with van der Waals surface area (Å²) in [7, 11) is 1.74. The number of non-ortho nitro benzene ring substituents is 1. The number of esters is 1. The number of carbonyl (C=O) groups excluding carboxylic acids is 2. The van der Waals surface area contributed by atoms with Gasteiger partial charge in [-0.15, -0.1) is 21.5 Å². The first kappa shape index (κ1) is 25.6. The number of rotatable bonds is 10. The molecular formula is C22H20N6O5S3.